The highest BCUT2D eigenvalue weighted by Gasteiger charge is 2.22. The van der Waals surface area contributed by atoms with Gasteiger partial charge in [-0.1, -0.05) is 48.5 Å². The van der Waals surface area contributed by atoms with Gasteiger partial charge < -0.3 is 14.5 Å². The number of carbonyl (C=O) groups is 2. The van der Waals surface area contributed by atoms with Crippen molar-refractivity contribution >= 4 is 22.7 Å². The van der Waals surface area contributed by atoms with Gasteiger partial charge in [0.1, 0.15) is 11.3 Å². The van der Waals surface area contributed by atoms with Gasteiger partial charge in [-0.3, -0.25) is 9.78 Å². The van der Waals surface area contributed by atoms with Gasteiger partial charge in [0.2, 0.25) is 11.7 Å². The van der Waals surface area contributed by atoms with Crippen LogP contribution in [-0.4, -0.2) is 33.3 Å². The zero-order valence-corrected chi connectivity index (χ0v) is 18.0. The first-order valence-corrected chi connectivity index (χ1v) is 10.6. The Morgan fingerprint density at radius 3 is 2.47 bits per heavy atom. The first-order valence-electron chi connectivity index (χ1n) is 10.6. The summed E-state index contributed by atoms with van der Waals surface area (Å²) in [5.41, 5.74) is 2.97. The van der Waals surface area contributed by atoms with Crippen molar-refractivity contribution < 1.29 is 19.1 Å². The zero-order valence-electron chi connectivity index (χ0n) is 18.0. The van der Waals surface area contributed by atoms with E-state index in [-0.39, 0.29) is 17.2 Å². The van der Waals surface area contributed by atoms with Crippen LogP contribution in [0.25, 0.3) is 22.2 Å². The van der Waals surface area contributed by atoms with Gasteiger partial charge in [-0.15, -0.1) is 0 Å². The van der Waals surface area contributed by atoms with Gasteiger partial charge in [0, 0.05) is 23.3 Å². The number of hydrogen-bond acceptors (Lipinski definition) is 6. The lowest BCUT2D eigenvalue weighted by atomic mass is 10.0. The summed E-state index contributed by atoms with van der Waals surface area (Å²) in [6.07, 6.45) is 4.63. The van der Waals surface area contributed by atoms with Crippen LogP contribution in [0.5, 0.6) is 11.6 Å². The molecular formula is C27H19N3O4. The van der Waals surface area contributed by atoms with Crippen molar-refractivity contribution in [2.45, 2.75) is 0 Å². The van der Waals surface area contributed by atoms with E-state index < -0.39 is 12.6 Å². The number of carbonyl (C=O) groups excluding carboxylic acids is 2. The summed E-state index contributed by atoms with van der Waals surface area (Å²) in [6.45, 7) is -0.429. The minimum absolute atomic E-state index is 0.0741. The Balaban J connectivity index is 1.39. The van der Waals surface area contributed by atoms with Gasteiger partial charge in [-0.2, -0.15) is 0 Å². The van der Waals surface area contributed by atoms with E-state index in [2.05, 4.69) is 15.0 Å². The maximum atomic E-state index is 13.3. The molecule has 3 aromatic heterocycles. The number of benzene rings is 2. The average molecular weight is 449 g/mol. The topological polar surface area (TPSA) is 94.2 Å². The maximum Gasteiger partial charge on any atom is 0.344 e. The van der Waals surface area contributed by atoms with Crippen molar-refractivity contribution in [3.63, 3.8) is 0 Å². The lowest BCUT2D eigenvalue weighted by Gasteiger charge is -2.10. The minimum Gasteiger partial charge on any atom is -0.454 e. The first-order chi connectivity index (χ1) is 16.7. The Kier molecular flexibility index (Phi) is 5.82. The second-order valence-corrected chi connectivity index (χ2v) is 7.43. The molecule has 5 aromatic rings. The predicted molar refractivity (Wildman–Crippen MR) is 127 cm³/mol. The fourth-order valence-electron chi connectivity index (χ4n) is 3.68. The van der Waals surface area contributed by atoms with Crippen LogP contribution in [0.1, 0.15) is 20.7 Å². The molecule has 0 bridgehead atoms. The average Bonchev–Trinajstić information content (AvgIpc) is 3.28. The molecule has 0 saturated heterocycles. The molecule has 0 saturated carbocycles. The number of ether oxygens (including phenoxy) is 2. The second kappa shape index (κ2) is 9.38. The monoisotopic (exact) mass is 449 g/mol. The van der Waals surface area contributed by atoms with Crippen molar-refractivity contribution in [2.75, 3.05) is 6.61 Å². The number of ketones is 1. The summed E-state index contributed by atoms with van der Waals surface area (Å²) in [6, 6.07) is 23.6. The third kappa shape index (κ3) is 4.27. The molecule has 0 spiro atoms. The fourth-order valence-corrected chi connectivity index (χ4v) is 3.68. The first kappa shape index (κ1) is 21.1. The molecule has 7 nitrogen and oxygen atoms in total. The number of hydrogen-bond donors (Lipinski definition) is 1. The number of fused-ring (bicyclic) bond motifs is 1. The van der Waals surface area contributed by atoms with E-state index in [9.17, 15) is 9.59 Å². The summed E-state index contributed by atoms with van der Waals surface area (Å²) in [5, 5.41) is 0.768. The Hall–Kier alpha value is -4.78. The summed E-state index contributed by atoms with van der Waals surface area (Å²) < 4.78 is 11.1. The molecule has 0 unspecified atom stereocenters. The van der Waals surface area contributed by atoms with Gasteiger partial charge in [0.15, 0.2) is 6.61 Å². The van der Waals surface area contributed by atoms with Crippen LogP contribution >= 0.6 is 0 Å². The summed E-state index contributed by atoms with van der Waals surface area (Å²) in [5.74, 6) is -0.521. The Labute approximate surface area is 195 Å². The van der Waals surface area contributed by atoms with Gasteiger partial charge in [-0.05, 0) is 35.9 Å². The number of esters is 1. The highest BCUT2D eigenvalue weighted by Crippen LogP contribution is 2.31. The smallest absolute Gasteiger partial charge is 0.344 e. The molecule has 0 aliphatic carbocycles. The highest BCUT2D eigenvalue weighted by molar-refractivity contribution is 6.14. The van der Waals surface area contributed by atoms with Crippen molar-refractivity contribution in [3.05, 3.63) is 109 Å². The van der Waals surface area contributed by atoms with Crippen molar-refractivity contribution in [3.8, 4) is 22.9 Å². The lowest BCUT2D eigenvalue weighted by Crippen LogP contribution is -2.15. The predicted octanol–water partition coefficient (Wildman–Crippen LogP) is 5.46. The number of H-pyrrole nitrogens is 1. The van der Waals surface area contributed by atoms with Gasteiger partial charge in [0.25, 0.3) is 0 Å². The van der Waals surface area contributed by atoms with Gasteiger partial charge in [-0.25, -0.2) is 9.78 Å². The maximum absolute atomic E-state index is 13.3. The molecule has 0 fully saturated rings. The number of aromatic nitrogens is 3. The SMILES string of the molecule is O=C(OCC(=O)c1c(-c2ccccc2)[nH]c2ccccc12)c1cccnc1Oc1cccnc1. The van der Waals surface area contributed by atoms with E-state index in [1.165, 1.54) is 18.5 Å². The molecule has 0 amide bonds. The third-order valence-corrected chi connectivity index (χ3v) is 5.22. The molecule has 7 heteroatoms. The Morgan fingerprint density at radius 2 is 1.65 bits per heavy atom. The van der Waals surface area contributed by atoms with Crippen molar-refractivity contribution in [2.24, 2.45) is 0 Å². The Morgan fingerprint density at radius 1 is 0.853 bits per heavy atom. The van der Waals surface area contributed by atoms with E-state index in [0.717, 1.165) is 16.5 Å². The number of para-hydroxylation sites is 1. The number of nitrogens with zero attached hydrogens (tertiary/aromatic N) is 2. The van der Waals surface area contributed by atoms with Gasteiger partial charge >= 0.3 is 5.97 Å². The Bertz CT molecular complexity index is 1460. The molecule has 3 heterocycles. The van der Waals surface area contributed by atoms with Crippen LogP contribution in [-0.2, 0) is 4.74 Å². The van der Waals surface area contributed by atoms with Crippen LogP contribution < -0.4 is 4.74 Å². The van der Waals surface area contributed by atoms with E-state index >= 15 is 0 Å². The van der Waals surface area contributed by atoms with Crippen molar-refractivity contribution in [1.82, 2.24) is 15.0 Å². The molecule has 34 heavy (non-hydrogen) atoms. The molecule has 0 radical (unpaired) electrons. The van der Waals surface area contributed by atoms with Crippen LogP contribution in [0.4, 0.5) is 0 Å². The van der Waals surface area contributed by atoms with Crippen LogP contribution in [0.3, 0.4) is 0 Å². The van der Waals surface area contributed by atoms with Gasteiger partial charge in [0.05, 0.1) is 17.5 Å². The minimum atomic E-state index is -0.707. The largest absolute Gasteiger partial charge is 0.454 e. The third-order valence-electron chi connectivity index (χ3n) is 5.22. The van der Waals surface area contributed by atoms with Crippen LogP contribution in [0.2, 0.25) is 0 Å². The molecule has 5 rings (SSSR count). The molecule has 0 aliphatic heterocycles. The molecular weight excluding hydrogens is 430 g/mol. The number of rotatable bonds is 7. The van der Waals surface area contributed by atoms with Crippen LogP contribution in [0.15, 0.2) is 97.5 Å². The lowest BCUT2D eigenvalue weighted by molar-refractivity contribution is 0.0472. The van der Waals surface area contributed by atoms with E-state index in [0.29, 0.717) is 17.0 Å². The van der Waals surface area contributed by atoms with Crippen molar-refractivity contribution in [1.29, 1.82) is 0 Å². The summed E-state index contributed by atoms with van der Waals surface area (Å²) in [4.78, 5) is 37.5. The van der Waals surface area contributed by atoms with E-state index in [1.807, 2.05) is 54.6 Å². The van der Waals surface area contributed by atoms with Crippen LogP contribution in [0, 0.1) is 0 Å². The normalized spacial score (nSPS) is 10.7. The number of Topliss-reactive ketones (excluding diaryl/α,β-unsaturated/α-hetero) is 1. The summed E-state index contributed by atoms with van der Waals surface area (Å²) >= 11 is 0. The van der Waals surface area contributed by atoms with E-state index in [1.54, 1.807) is 24.4 Å². The summed E-state index contributed by atoms with van der Waals surface area (Å²) in [7, 11) is 0. The fraction of sp³-hybridized carbons (Fsp3) is 0.0370. The second-order valence-electron chi connectivity index (χ2n) is 7.43. The quantitative estimate of drug-likeness (QED) is 0.262. The molecule has 166 valence electrons. The molecule has 2 aromatic carbocycles. The number of aromatic amines is 1. The number of nitrogens with one attached hydrogen (secondary N) is 1. The standard InChI is InChI=1S/C27H19N3O4/c31-23(24-20-11-4-5-13-22(20)30-25(24)18-8-2-1-3-9-18)17-33-27(32)21-12-7-15-29-26(21)34-19-10-6-14-28-16-19/h1-16,30H,17H2. The molecule has 1 N–H and O–H groups in total. The zero-order chi connectivity index (χ0) is 23.3. The number of pyridine rings is 2. The highest BCUT2D eigenvalue weighted by atomic mass is 16.5. The molecule has 0 atom stereocenters. The molecule has 0 aliphatic rings. The van der Waals surface area contributed by atoms with E-state index in [4.69, 9.17) is 9.47 Å².